The van der Waals surface area contributed by atoms with E-state index in [0.717, 1.165) is 5.69 Å². The van der Waals surface area contributed by atoms with Crippen molar-refractivity contribution in [1.29, 1.82) is 0 Å². The lowest BCUT2D eigenvalue weighted by Crippen LogP contribution is -2.29. The normalized spacial score (nSPS) is 11.7. The van der Waals surface area contributed by atoms with Crippen LogP contribution in [0.1, 0.15) is 24.2 Å². The molecule has 34 heavy (non-hydrogen) atoms. The maximum Gasteiger partial charge on any atom is 0.230 e. The van der Waals surface area contributed by atoms with Crippen molar-refractivity contribution in [2.75, 3.05) is 12.3 Å². The van der Waals surface area contributed by atoms with Crippen LogP contribution in [-0.4, -0.2) is 33.0 Å². The zero-order valence-corrected chi connectivity index (χ0v) is 20.3. The van der Waals surface area contributed by atoms with Crippen LogP contribution in [0, 0.1) is 0 Å². The van der Waals surface area contributed by atoms with Gasteiger partial charge in [0.25, 0.3) is 0 Å². The van der Waals surface area contributed by atoms with E-state index in [0.29, 0.717) is 28.3 Å². The molecule has 1 N–H and O–H groups in total. The summed E-state index contributed by atoms with van der Waals surface area (Å²) in [4.78, 5) is 12.5. The molecule has 0 aliphatic carbocycles. The molecule has 4 rings (SSSR count). The van der Waals surface area contributed by atoms with Crippen LogP contribution in [0.4, 0.5) is 0 Å². The summed E-state index contributed by atoms with van der Waals surface area (Å²) < 4.78 is 7.79. The largest absolute Gasteiger partial charge is 0.484 e. The highest BCUT2D eigenvalue weighted by Crippen LogP contribution is 2.26. The highest BCUT2D eigenvalue weighted by Gasteiger charge is 2.17. The summed E-state index contributed by atoms with van der Waals surface area (Å²) in [5, 5.41) is 12.8. The first-order chi connectivity index (χ1) is 16.6. The Labute approximate surface area is 208 Å². The number of carbonyl (C=O) groups excluding carboxylic acids is 1. The van der Waals surface area contributed by atoms with Crippen molar-refractivity contribution in [3.8, 4) is 11.4 Å². The second-order valence-electron chi connectivity index (χ2n) is 7.69. The number of para-hydroxylation sites is 2. The van der Waals surface area contributed by atoms with Crippen LogP contribution >= 0.6 is 23.4 Å². The lowest BCUT2D eigenvalue weighted by atomic mass is 10.0. The van der Waals surface area contributed by atoms with E-state index >= 15 is 0 Å². The van der Waals surface area contributed by atoms with Crippen LogP contribution < -0.4 is 10.1 Å². The van der Waals surface area contributed by atoms with Gasteiger partial charge in [0.05, 0.1) is 10.8 Å². The quantitative estimate of drug-likeness (QED) is 0.295. The van der Waals surface area contributed by atoms with E-state index in [9.17, 15) is 4.79 Å². The fourth-order valence-electron chi connectivity index (χ4n) is 3.38. The first kappa shape index (κ1) is 23.9. The number of hydrogen-bond acceptors (Lipinski definition) is 5. The monoisotopic (exact) mass is 492 g/mol. The van der Waals surface area contributed by atoms with E-state index in [1.54, 1.807) is 6.07 Å². The number of nitrogens with one attached hydrogen (secondary N) is 1. The van der Waals surface area contributed by atoms with Gasteiger partial charge >= 0.3 is 0 Å². The van der Waals surface area contributed by atoms with Gasteiger partial charge in [-0.15, -0.1) is 10.2 Å². The van der Waals surface area contributed by atoms with Crippen LogP contribution in [0.3, 0.4) is 0 Å². The SMILES string of the molecule is CC(CNC(=O)CSc1nnc(COc2ccccc2Cl)n1-c1ccccc1)c1ccccc1. The van der Waals surface area contributed by atoms with Crippen LogP contribution in [0.2, 0.25) is 5.02 Å². The van der Waals surface area contributed by atoms with E-state index in [-0.39, 0.29) is 24.2 Å². The van der Waals surface area contributed by atoms with Crippen LogP contribution in [0.15, 0.2) is 90.1 Å². The fraction of sp³-hybridized carbons (Fsp3) is 0.192. The molecule has 0 saturated heterocycles. The van der Waals surface area contributed by atoms with Crippen LogP contribution in [0.25, 0.3) is 5.69 Å². The van der Waals surface area contributed by atoms with Gasteiger partial charge in [0.15, 0.2) is 11.0 Å². The van der Waals surface area contributed by atoms with Gasteiger partial charge in [-0.1, -0.05) is 91.0 Å². The second kappa shape index (κ2) is 11.7. The molecule has 0 saturated carbocycles. The zero-order valence-electron chi connectivity index (χ0n) is 18.7. The number of nitrogens with zero attached hydrogens (tertiary/aromatic N) is 3. The molecule has 1 atom stereocenters. The Kier molecular flexibility index (Phi) is 8.22. The summed E-state index contributed by atoms with van der Waals surface area (Å²) in [5.41, 5.74) is 2.09. The third kappa shape index (κ3) is 6.18. The average molecular weight is 493 g/mol. The minimum Gasteiger partial charge on any atom is -0.484 e. The molecule has 8 heteroatoms. The number of benzene rings is 3. The Morgan fingerprint density at radius 1 is 1.00 bits per heavy atom. The van der Waals surface area contributed by atoms with E-state index in [1.165, 1.54) is 17.3 Å². The molecule has 0 fully saturated rings. The molecule has 1 unspecified atom stereocenters. The highest BCUT2D eigenvalue weighted by atomic mass is 35.5. The number of rotatable bonds is 10. The van der Waals surface area contributed by atoms with Crippen molar-refractivity contribution < 1.29 is 9.53 Å². The molecule has 1 heterocycles. The van der Waals surface area contributed by atoms with Crippen molar-refractivity contribution in [2.24, 2.45) is 0 Å². The van der Waals surface area contributed by atoms with Gasteiger partial charge in [0.1, 0.15) is 12.4 Å². The number of hydrogen-bond donors (Lipinski definition) is 1. The number of thioether (sulfide) groups is 1. The van der Waals surface area contributed by atoms with E-state index in [2.05, 4.69) is 34.6 Å². The number of halogens is 1. The van der Waals surface area contributed by atoms with E-state index in [1.807, 2.05) is 71.3 Å². The summed E-state index contributed by atoms with van der Waals surface area (Å²) in [5.74, 6) is 1.61. The van der Waals surface area contributed by atoms with E-state index < -0.39 is 0 Å². The molecule has 1 aromatic heterocycles. The van der Waals surface area contributed by atoms with Crippen molar-refractivity contribution in [3.05, 3.63) is 101 Å². The first-order valence-corrected chi connectivity index (χ1v) is 12.3. The molecule has 0 bridgehead atoms. The number of carbonyl (C=O) groups is 1. The van der Waals surface area contributed by atoms with Crippen molar-refractivity contribution in [1.82, 2.24) is 20.1 Å². The number of ether oxygens (including phenoxy) is 1. The minimum absolute atomic E-state index is 0.0516. The molecule has 6 nitrogen and oxygen atoms in total. The topological polar surface area (TPSA) is 69.0 Å². The van der Waals surface area contributed by atoms with Gasteiger partial charge in [0, 0.05) is 12.2 Å². The Morgan fingerprint density at radius 3 is 2.41 bits per heavy atom. The van der Waals surface area contributed by atoms with Crippen molar-refractivity contribution in [3.63, 3.8) is 0 Å². The molecule has 1 amide bonds. The summed E-state index contributed by atoms with van der Waals surface area (Å²) >= 11 is 7.55. The molecule has 4 aromatic rings. The van der Waals surface area contributed by atoms with Gasteiger partial charge in [-0.2, -0.15) is 0 Å². The van der Waals surface area contributed by atoms with Crippen molar-refractivity contribution in [2.45, 2.75) is 24.6 Å². The zero-order chi connectivity index (χ0) is 23.8. The Morgan fingerprint density at radius 2 is 1.68 bits per heavy atom. The number of amides is 1. The predicted molar refractivity (Wildman–Crippen MR) is 136 cm³/mol. The molecule has 0 spiro atoms. The number of aromatic nitrogens is 3. The maximum absolute atomic E-state index is 12.5. The smallest absolute Gasteiger partial charge is 0.230 e. The molecule has 0 aliphatic heterocycles. The molecule has 0 aliphatic rings. The summed E-state index contributed by atoms with van der Waals surface area (Å²) in [6.07, 6.45) is 0. The third-order valence-corrected chi connectivity index (χ3v) is 6.46. The predicted octanol–water partition coefficient (Wildman–Crippen LogP) is 5.51. The third-order valence-electron chi connectivity index (χ3n) is 5.21. The Hall–Kier alpha value is -3.29. The van der Waals surface area contributed by atoms with Crippen molar-refractivity contribution >= 4 is 29.3 Å². The van der Waals surface area contributed by atoms with Gasteiger partial charge in [-0.25, -0.2) is 0 Å². The maximum atomic E-state index is 12.5. The molecule has 0 radical (unpaired) electrons. The average Bonchev–Trinajstić information content (AvgIpc) is 3.29. The summed E-state index contributed by atoms with van der Waals surface area (Å²) in [7, 11) is 0. The summed E-state index contributed by atoms with van der Waals surface area (Å²) in [6, 6.07) is 27.2. The van der Waals surface area contributed by atoms with E-state index in [4.69, 9.17) is 16.3 Å². The van der Waals surface area contributed by atoms with Gasteiger partial charge in [-0.3, -0.25) is 9.36 Å². The van der Waals surface area contributed by atoms with Crippen LogP contribution in [-0.2, 0) is 11.4 Å². The Balaban J connectivity index is 1.42. The van der Waals surface area contributed by atoms with Gasteiger partial charge in [0.2, 0.25) is 5.91 Å². The van der Waals surface area contributed by atoms with Gasteiger partial charge < -0.3 is 10.1 Å². The lowest BCUT2D eigenvalue weighted by Gasteiger charge is -2.13. The molecular formula is C26H25ClN4O2S. The molecule has 3 aromatic carbocycles. The second-order valence-corrected chi connectivity index (χ2v) is 9.04. The molecular weight excluding hydrogens is 468 g/mol. The Bertz CT molecular complexity index is 1220. The fourth-order valence-corrected chi connectivity index (χ4v) is 4.37. The lowest BCUT2D eigenvalue weighted by molar-refractivity contribution is -0.118. The minimum atomic E-state index is -0.0516. The van der Waals surface area contributed by atoms with Crippen LogP contribution in [0.5, 0.6) is 5.75 Å². The highest BCUT2D eigenvalue weighted by molar-refractivity contribution is 7.99. The molecule has 174 valence electrons. The standard InChI is InChI=1S/C26H25ClN4O2S/c1-19(20-10-4-2-5-11-20)16-28-25(32)18-34-26-30-29-24(31(26)21-12-6-3-7-13-21)17-33-23-15-9-8-14-22(23)27/h2-15,19H,16-18H2,1H3,(H,28,32). The first-order valence-electron chi connectivity index (χ1n) is 10.9. The summed E-state index contributed by atoms with van der Waals surface area (Å²) in [6.45, 7) is 2.86. The van der Waals surface area contributed by atoms with Gasteiger partial charge in [-0.05, 0) is 35.7 Å².